The first-order valence-electron chi connectivity index (χ1n) is 14.9. The van der Waals surface area contributed by atoms with Gasteiger partial charge < -0.3 is 35.5 Å². The lowest BCUT2D eigenvalue weighted by molar-refractivity contribution is -0.134. The molecule has 2 aromatic carbocycles. The van der Waals surface area contributed by atoms with Crippen LogP contribution in [0.25, 0.3) is 0 Å². The average Bonchev–Trinajstić information content (AvgIpc) is 3.48. The van der Waals surface area contributed by atoms with Crippen molar-refractivity contribution in [1.82, 2.24) is 21.3 Å². The minimum absolute atomic E-state index is 0.0385. The molecule has 0 bridgehead atoms. The Morgan fingerprint density at radius 1 is 1.02 bits per heavy atom. The molecule has 1 aliphatic heterocycles. The zero-order chi connectivity index (χ0) is 30.8. The van der Waals surface area contributed by atoms with Crippen LogP contribution in [0.3, 0.4) is 0 Å². The van der Waals surface area contributed by atoms with E-state index in [4.69, 9.17) is 14.2 Å². The first-order chi connectivity index (χ1) is 20.7. The number of fused-ring (bicyclic) bond motifs is 1. The van der Waals surface area contributed by atoms with E-state index in [1.165, 1.54) is 0 Å². The Balaban J connectivity index is 1.50. The SMILES string of the molecule is COc1ccc(OCCNC(=O)[C@@H]2CCC(=O)NC3(CCCC3)C(=O)N[C@@H](C(C)C)COc3ccccc3C(=O)N2)cc1. The number of para-hydroxylation sites is 1. The maximum atomic E-state index is 13.6. The average molecular weight is 595 g/mol. The van der Waals surface area contributed by atoms with E-state index in [-0.39, 0.29) is 61.9 Å². The highest BCUT2D eigenvalue weighted by molar-refractivity contribution is 6.00. The normalized spacial score (nSPS) is 20.9. The Kier molecular flexibility index (Phi) is 10.9. The van der Waals surface area contributed by atoms with Crippen LogP contribution in [0.1, 0.15) is 62.7 Å². The van der Waals surface area contributed by atoms with Gasteiger partial charge >= 0.3 is 0 Å². The van der Waals surface area contributed by atoms with Crippen LogP contribution in [0.4, 0.5) is 0 Å². The van der Waals surface area contributed by atoms with E-state index < -0.39 is 23.4 Å². The number of ether oxygens (including phenoxy) is 3. The molecular weight excluding hydrogens is 552 g/mol. The van der Waals surface area contributed by atoms with Crippen LogP contribution in [0.15, 0.2) is 48.5 Å². The monoisotopic (exact) mass is 594 g/mol. The van der Waals surface area contributed by atoms with Gasteiger partial charge in [-0.1, -0.05) is 38.8 Å². The summed E-state index contributed by atoms with van der Waals surface area (Å²) >= 11 is 0. The van der Waals surface area contributed by atoms with E-state index in [0.29, 0.717) is 30.1 Å². The van der Waals surface area contributed by atoms with Gasteiger partial charge in [-0.3, -0.25) is 19.2 Å². The van der Waals surface area contributed by atoms with Gasteiger partial charge in [0, 0.05) is 6.42 Å². The summed E-state index contributed by atoms with van der Waals surface area (Å²) in [6.07, 6.45) is 2.70. The Morgan fingerprint density at radius 3 is 2.42 bits per heavy atom. The van der Waals surface area contributed by atoms with Crippen LogP contribution >= 0.6 is 0 Å². The number of nitrogens with one attached hydrogen (secondary N) is 4. The van der Waals surface area contributed by atoms with Crippen molar-refractivity contribution in [2.45, 2.75) is 70.0 Å². The summed E-state index contributed by atoms with van der Waals surface area (Å²) in [5.74, 6) is 0.173. The largest absolute Gasteiger partial charge is 0.497 e. The van der Waals surface area contributed by atoms with Crippen molar-refractivity contribution in [3.63, 3.8) is 0 Å². The predicted octanol–water partition coefficient (Wildman–Crippen LogP) is 2.73. The first kappa shape index (κ1) is 31.7. The van der Waals surface area contributed by atoms with Crippen molar-refractivity contribution in [2.24, 2.45) is 5.92 Å². The Labute approximate surface area is 252 Å². The lowest BCUT2D eigenvalue weighted by Crippen LogP contribution is -2.60. The molecule has 2 aliphatic rings. The molecule has 0 aromatic heterocycles. The van der Waals surface area contributed by atoms with Crippen LogP contribution in [0.5, 0.6) is 17.2 Å². The van der Waals surface area contributed by atoms with E-state index in [1.54, 1.807) is 55.6 Å². The third-order valence-corrected chi connectivity index (χ3v) is 7.95. The van der Waals surface area contributed by atoms with Crippen molar-refractivity contribution in [3.05, 3.63) is 54.1 Å². The maximum Gasteiger partial charge on any atom is 0.255 e. The zero-order valence-electron chi connectivity index (χ0n) is 25.1. The molecule has 11 heteroatoms. The summed E-state index contributed by atoms with van der Waals surface area (Å²) < 4.78 is 16.9. The van der Waals surface area contributed by atoms with Crippen molar-refractivity contribution in [1.29, 1.82) is 0 Å². The van der Waals surface area contributed by atoms with Gasteiger partial charge in [-0.2, -0.15) is 0 Å². The van der Waals surface area contributed by atoms with Crippen LogP contribution in [-0.2, 0) is 14.4 Å². The fourth-order valence-electron chi connectivity index (χ4n) is 5.30. The molecular formula is C32H42N4O7. The smallest absolute Gasteiger partial charge is 0.255 e. The summed E-state index contributed by atoms with van der Waals surface area (Å²) in [5.41, 5.74) is -0.759. The third kappa shape index (κ3) is 8.39. The number of hydrogen-bond acceptors (Lipinski definition) is 7. The molecule has 2 aromatic rings. The molecule has 43 heavy (non-hydrogen) atoms. The minimum atomic E-state index is -1.01. The Morgan fingerprint density at radius 2 is 1.72 bits per heavy atom. The molecule has 4 amide bonds. The standard InChI is InChI=1S/C32H42N4O7/c1-21(2)26-20-43-27-9-5-4-8-24(27)29(38)34-25(14-15-28(37)36-32(31(40)35-26)16-6-7-17-32)30(39)33-18-19-42-23-12-10-22(41-3)11-13-23/h4-5,8-13,21,25-26H,6-7,14-20H2,1-3H3,(H,33,39)(H,34,38)(H,35,40)(H,36,37)/t25-,26+/m0/s1. The van der Waals surface area contributed by atoms with Crippen molar-refractivity contribution in [2.75, 3.05) is 26.9 Å². The first-order valence-corrected chi connectivity index (χ1v) is 14.9. The Hall–Kier alpha value is -4.28. The lowest BCUT2D eigenvalue weighted by atomic mass is 9.94. The Bertz CT molecular complexity index is 1270. The zero-order valence-corrected chi connectivity index (χ0v) is 25.1. The van der Waals surface area contributed by atoms with Gasteiger partial charge in [-0.25, -0.2) is 0 Å². The van der Waals surface area contributed by atoms with Gasteiger partial charge in [0.25, 0.3) is 5.91 Å². The predicted molar refractivity (Wildman–Crippen MR) is 160 cm³/mol. The van der Waals surface area contributed by atoms with E-state index in [2.05, 4.69) is 21.3 Å². The molecule has 232 valence electrons. The second kappa shape index (κ2) is 14.8. The molecule has 1 spiro atoms. The summed E-state index contributed by atoms with van der Waals surface area (Å²) in [7, 11) is 1.58. The summed E-state index contributed by atoms with van der Waals surface area (Å²) in [6.45, 7) is 4.47. The molecule has 0 unspecified atom stereocenters. The molecule has 1 aliphatic carbocycles. The molecule has 2 atom stereocenters. The van der Waals surface area contributed by atoms with Gasteiger partial charge in [-0.15, -0.1) is 0 Å². The molecule has 1 saturated carbocycles. The number of amides is 4. The van der Waals surface area contributed by atoms with Gasteiger partial charge in [0.05, 0.1) is 25.3 Å². The minimum Gasteiger partial charge on any atom is -0.497 e. The van der Waals surface area contributed by atoms with Crippen molar-refractivity contribution < 1.29 is 33.4 Å². The van der Waals surface area contributed by atoms with E-state index in [9.17, 15) is 19.2 Å². The van der Waals surface area contributed by atoms with Crippen molar-refractivity contribution in [3.8, 4) is 17.2 Å². The number of hydrogen-bond donors (Lipinski definition) is 4. The summed E-state index contributed by atoms with van der Waals surface area (Å²) in [6, 6.07) is 12.5. The maximum absolute atomic E-state index is 13.6. The quantitative estimate of drug-likeness (QED) is 0.361. The number of benzene rings is 2. The lowest BCUT2D eigenvalue weighted by Gasteiger charge is -2.32. The van der Waals surface area contributed by atoms with E-state index in [1.807, 2.05) is 13.8 Å². The molecule has 1 fully saturated rings. The molecule has 4 rings (SSSR count). The topological polar surface area (TPSA) is 144 Å². The fourth-order valence-corrected chi connectivity index (χ4v) is 5.30. The number of methoxy groups -OCH3 is 1. The molecule has 1 heterocycles. The van der Waals surface area contributed by atoms with Crippen LogP contribution < -0.4 is 35.5 Å². The highest BCUT2D eigenvalue weighted by Crippen LogP contribution is 2.31. The van der Waals surface area contributed by atoms with Gasteiger partial charge in [0.2, 0.25) is 17.7 Å². The van der Waals surface area contributed by atoms with E-state index >= 15 is 0 Å². The molecule has 0 radical (unpaired) electrons. The highest BCUT2D eigenvalue weighted by Gasteiger charge is 2.43. The van der Waals surface area contributed by atoms with Crippen LogP contribution in [-0.4, -0.2) is 68.1 Å². The number of rotatable bonds is 7. The second-order valence-corrected chi connectivity index (χ2v) is 11.3. The molecule has 0 saturated heterocycles. The fraction of sp³-hybridized carbons (Fsp3) is 0.500. The summed E-state index contributed by atoms with van der Waals surface area (Å²) in [4.78, 5) is 53.4. The number of carbonyl (C=O) groups excluding carboxylic acids is 4. The molecule has 4 N–H and O–H groups in total. The van der Waals surface area contributed by atoms with Crippen LogP contribution in [0, 0.1) is 5.92 Å². The highest BCUT2D eigenvalue weighted by atomic mass is 16.5. The van der Waals surface area contributed by atoms with Crippen LogP contribution in [0.2, 0.25) is 0 Å². The van der Waals surface area contributed by atoms with Gasteiger partial charge in [0.15, 0.2) is 0 Å². The summed E-state index contributed by atoms with van der Waals surface area (Å²) in [5, 5.41) is 11.6. The van der Waals surface area contributed by atoms with Gasteiger partial charge in [0.1, 0.15) is 42.0 Å². The third-order valence-electron chi connectivity index (χ3n) is 7.95. The van der Waals surface area contributed by atoms with Crippen molar-refractivity contribution >= 4 is 23.6 Å². The van der Waals surface area contributed by atoms with Gasteiger partial charge in [-0.05, 0) is 61.6 Å². The molecule has 11 nitrogen and oxygen atoms in total. The second-order valence-electron chi connectivity index (χ2n) is 11.3. The number of carbonyl (C=O) groups is 4. The van der Waals surface area contributed by atoms with E-state index in [0.717, 1.165) is 12.8 Å².